The summed E-state index contributed by atoms with van der Waals surface area (Å²) >= 11 is 0. The van der Waals surface area contributed by atoms with Crippen molar-refractivity contribution < 1.29 is 9.13 Å². The predicted octanol–water partition coefficient (Wildman–Crippen LogP) is 2.70. The van der Waals surface area contributed by atoms with Gasteiger partial charge >= 0.3 is 0 Å². The van der Waals surface area contributed by atoms with Crippen LogP contribution in [0.1, 0.15) is 22.5 Å². The minimum absolute atomic E-state index is 0.242. The fourth-order valence-electron chi connectivity index (χ4n) is 4.01. The maximum atomic E-state index is 13.2. The topological polar surface area (TPSA) is 85.5 Å². The third-order valence-electron chi connectivity index (χ3n) is 5.56. The molecule has 0 saturated heterocycles. The maximum Gasteiger partial charge on any atom is 0.274 e. The Bertz CT molecular complexity index is 1370. The summed E-state index contributed by atoms with van der Waals surface area (Å²) in [6.45, 7) is 3.58. The molecule has 162 valence electrons. The normalized spacial score (nSPS) is 13.4. The molecule has 0 fully saturated rings. The number of halogens is 1. The van der Waals surface area contributed by atoms with Crippen LogP contribution in [-0.4, -0.2) is 38.2 Å². The number of aryl methyl sites for hydroxylation is 1. The van der Waals surface area contributed by atoms with Crippen LogP contribution in [0.15, 0.2) is 47.5 Å². The number of hydrogen-bond acceptors (Lipinski definition) is 7. The Kier molecular flexibility index (Phi) is 5.10. The van der Waals surface area contributed by atoms with E-state index in [2.05, 4.69) is 31.0 Å². The fraction of sp³-hybridized carbons (Fsp3) is 0.261. The predicted molar refractivity (Wildman–Crippen MR) is 117 cm³/mol. The van der Waals surface area contributed by atoms with Crippen molar-refractivity contribution in [1.29, 1.82) is 0 Å². The first-order chi connectivity index (χ1) is 15.5. The number of ether oxygens (including phenoxy) is 1. The van der Waals surface area contributed by atoms with Crippen molar-refractivity contribution in [2.45, 2.75) is 26.5 Å². The van der Waals surface area contributed by atoms with Gasteiger partial charge in [-0.25, -0.2) is 9.97 Å². The van der Waals surface area contributed by atoms with Gasteiger partial charge in [0.1, 0.15) is 0 Å². The van der Waals surface area contributed by atoms with Gasteiger partial charge in [0.25, 0.3) is 5.56 Å². The van der Waals surface area contributed by atoms with E-state index >= 15 is 0 Å². The summed E-state index contributed by atoms with van der Waals surface area (Å²) in [6, 6.07) is 8.41. The van der Waals surface area contributed by atoms with Crippen molar-refractivity contribution in [2.24, 2.45) is 0 Å². The molecule has 5 rings (SSSR count). The first kappa shape index (κ1) is 20.2. The number of methoxy groups -OCH3 is 1. The molecule has 0 amide bonds. The first-order valence-electron chi connectivity index (χ1n) is 10.3. The van der Waals surface area contributed by atoms with Crippen LogP contribution in [0.25, 0.3) is 16.8 Å². The summed E-state index contributed by atoms with van der Waals surface area (Å²) in [7, 11) is 1.57. The number of nitrogens with zero attached hydrogens (tertiary/aromatic N) is 6. The molecule has 0 aromatic carbocycles. The van der Waals surface area contributed by atoms with E-state index in [0.29, 0.717) is 17.9 Å². The zero-order chi connectivity index (χ0) is 22.2. The van der Waals surface area contributed by atoms with Crippen molar-refractivity contribution in [3.05, 3.63) is 81.5 Å². The van der Waals surface area contributed by atoms with Crippen molar-refractivity contribution in [3.8, 4) is 11.1 Å². The standard InChI is InChI=1S/C23H21FN6O2/c1-14-7-21-27-18(13-32-2)9-22(31)30(21)28-23(14)29-6-5-19-17(12-29)8-16(11-25-19)15-3-4-20(24)26-10-15/h3-4,7-11H,5-6,12-13H2,1-2H3. The highest BCUT2D eigenvalue weighted by atomic mass is 19.1. The Morgan fingerprint density at radius 1 is 1.12 bits per heavy atom. The van der Waals surface area contributed by atoms with Gasteiger partial charge in [0, 0.05) is 61.9 Å². The van der Waals surface area contributed by atoms with Gasteiger partial charge in [-0.2, -0.15) is 8.91 Å². The van der Waals surface area contributed by atoms with Crippen LogP contribution >= 0.6 is 0 Å². The van der Waals surface area contributed by atoms with Crippen molar-refractivity contribution >= 4 is 11.5 Å². The van der Waals surface area contributed by atoms with E-state index in [1.54, 1.807) is 19.4 Å². The average molecular weight is 432 g/mol. The fourth-order valence-corrected chi connectivity index (χ4v) is 4.01. The molecule has 0 bridgehead atoms. The third kappa shape index (κ3) is 3.71. The van der Waals surface area contributed by atoms with Crippen LogP contribution in [0.3, 0.4) is 0 Å². The second kappa shape index (κ2) is 8.08. The molecule has 9 heteroatoms. The van der Waals surface area contributed by atoms with Gasteiger partial charge in [0.15, 0.2) is 11.5 Å². The zero-order valence-electron chi connectivity index (χ0n) is 17.7. The summed E-state index contributed by atoms with van der Waals surface area (Å²) in [6.07, 6.45) is 4.06. The number of aromatic nitrogens is 5. The van der Waals surface area contributed by atoms with Crippen LogP contribution in [0, 0.1) is 12.9 Å². The van der Waals surface area contributed by atoms with Crippen molar-refractivity contribution in [1.82, 2.24) is 24.6 Å². The van der Waals surface area contributed by atoms with Crippen LogP contribution < -0.4 is 10.5 Å². The molecule has 0 N–H and O–H groups in total. The monoisotopic (exact) mass is 432 g/mol. The highest BCUT2D eigenvalue weighted by Gasteiger charge is 2.22. The van der Waals surface area contributed by atoms with E-state index in [1.807, 2.05) is 13.0 Å². The van der Waals surface area contributed by atoms with Crippen LogP contribution in [-0.2, 0) is 24.3 Å². The Hall–Kier alpha value is -3.72. The third-order valence-corrected chi connectivity index (χ3v) is 5.56. The lowest BCUT2D eigenvalue weighted by Crippen LogP contribution is -2.33. The quantitative estimate of drug-likeness (QED) is 0.459. The Labute approximate surface area is 183 Å². The highest BCUT2D eigenvalue weighted by molar-refractivity contribution is 5.63. The Morgan fingerprint density at radius 2 is 1.97 bits per heavy atom. The molecule has 32 heavy (non-hydrogen) atoms. The average Bonchev–Trinajstić information content (AvgIpc) is 2.79. The number of anilines is 1. The van der Waals surface area contributed by atoms with E-state index in [0.717, 1.165) is 46.7 Å². The maximum absolute atomic E-state index is 13.2. The van der Waals surface area contributed by atoms with Gasteiger partial charge in [0.05, 0.1) is 12.3 Å². The summed E-state index contributed by atoms with van der Waals surface area (Å²) < 4.78 is 19.6. The minimum Gasteiger partial charge on any atom is -0.378 e. The van der Waals surface area contributed by atoms with Gasteiger partial charge in [-0.05, 0) is 42.3 Å². The largest absolute Gasteiger partial charge is 0.378 e. The van der Waals surface area contributed by atoms with Gasteiger partial charge in [-0.1, -0.05) is 0 Å². The van der Waals surface area contributed by atoms with E-state index in [1.165, 1.54) is 22.8 Å². The summed E-state index contributed by atoms with van der Waals surface area (Å²) in [5, 5.41) is 4.62. The first-order valence-corrected chi connectivity index (χ1v) is 10.3. The van der Waals surface area contributed by atoms with Gasteiger partial charge < -0.3 is 9.64 Å². The minimum atomic E-state index is -0.511. The molecule has 1 aliphatic heterocycles. The zero-order valence-corrected chi connectivity index (χ0v) is 17.7. The van der Waals surface area contributed by atoms with E-state index in [-0.39, 0.29) is 12.2 Å². The smallest absolute Gasteiger partial charge is 0.274 e. The molecular weight excluding hydrogens is 411 g/mol. The lowest BCUT2D eigenvalue weighted by atomic mass is 10.0. The summed E-state index contributed by atoms with van der Waals surface area (Å²) in [5.41, 5.74) is 5.55. The number of rotatable bonds is 4. The molecule has 1 aliphatic rings. The van der Waals surface area contributed by atoms with Gasteiger partial charge in [0.2, 0.25) is 5.95 Å². The molecule has 0 saturated carbocycles. The Morgan fingerprint density at radius 3 is 2.75 bits per heavy atom. The van der Waals surface area contributed by atoms with Crippen molar-refractivity contribution in [3.63, 3.8) is 0 Å². The second-order valence-electron chi connectivity index (χ2n) is 7.81. The van der Waals surface area contributed by atoms with E-state index < -0.39 is 5.95 Å². The molecule has 0 atom stereocenters. The molecule has 4 aromatic heterocycles. The summed E-state index contributed by atoms with van der Waals surface area (Å²) in [5.74, 6) is 0.225. The highest BCUT2D eigenvalue weighted by Crippen LogP contribution is 2.28. The Balaban J connectivity index is 1.49. The molecule has 8 nitrogen and oxygen atoms in total. The second-order valence-corrected chi connectivity index (χ2v) is 7.81. The summed E-state index contributed by atoms with van der Waals surface area (Å²) in [4.78, 5) is 27.6. The molecule has 0 spiro atoms. The van der Waals surface area contributed by atoms with Crippen LogP contribution in [0.2, 0.25) is 0 Å². The van der Waals surface area contributed by atoms with E-state index in [9.17, 15) is 9.18 Å². The molecule has 0 aliphatic carbocycles. The number of fused-ring (bicyclic) bond motifs is 2. The lowest BCUT2D eigenvalue weighted by molar-refractivity contribution is 0.181. The SMILES string of the molecule is COCc1cc(=O)n2nc(N3CCc4ncc(-c5ccc(F)nc5)cc4C3)c(C)cc2n1. The van der Waals surface area contributed by atoms with Gasteiger partial charge in [-0.3, -0.25) is 9.78 Å². The molecule has 0 radical (unpaired) electrons. The van der Waals surface area contributed by atoms with E-state index in [4.69, 9.17) is 4.74 Å². The van der Waals surface area contributed by atoms with Crippen molar-refractivity contribution in [2.75, 3.05) is 18.6 Å². The number of hydrogen-bond donors (Lipinski definition) is 0. The molecule has 5 heterocycles. The van der Waals surface area contributed by atoms with Gasteiger partial charge in [-0.15, -0.1) is 5.10 Å². The molecular formula is C23H21FN6O2. The molecule has 4 aromatic rings. The van der Waals surface area contributed by atoms with Crippen LogP contribution in [0.4, 0.5) is 10.2 Å². The lowest BCUT2D eigenvalue weighted by Gasteiger charge is -2.30. The molecule has 0 unspecified atom stereocenters. The van der Waals surface area contributed by atoms with Crippen LogP contribution in [0.5, 0.6) is 0 Å². The number of pyridine rings is 2.